The lowest BCUT2D eigenvalue weighted by Crippen LogP contribution is -2.45. The fourth-order valence-corrected chi connectivity index (χ4v) is 6.71. The normalized spacial score (nSPS) is 24.7. The van der Waals surface area contributed by atoms with Gasteiger partial charge in [0.25, 0.3) is 5.91 Å². The SMILES string of the molecule is CC1(C)C2C(=O)N(Cc3cc4c(-c5cc(F)cc6ccn(C[C@@H]7CNCCO7)c56)ncnn4c3)C(=O)C21OC(=O)C(F)(F)F. The number of nitrogens with zero attached hydrogens (tertiary/aromatic N) is 5. The van der Waals surface area contributed by atoms with Gasteiger partial charge in [-0.25, -0.2) is 18.7 Å². The number of aromatic nitrogens is 4. The highest BCUT2D eigenvalue weighted by Crippen LogP contribution is 2.69. The molecule has 3 aliphatic rings. The maximum Gasteiger partial charge on any atom is 0.490 e. The number of carbonyl (C=O) groups is 3. The van der Waals surface area contributed by atoms with Crippen molar-refractivity contribution in [2.24, 2.45) is 11.3 Å². The van der Waals surface area contributed by atoms with Crippen molar-refractivity contribution in [1.82, 2.24) is 29.4 Å². The lowest BCUT2D eigenvalue weighted by Gasteiger charge is -2.24. The first-order valence-electron chi connectivity index (χ1n) is 13.9. The Kier molecular flexibility index (Phi) is 6.17. The van der Waals surface area contributed by atoms with Gasteiger partial charge in [-0.3, -0.25) is 14.5 Å². The number of esters is 1. The summed E-state index contributed by atoms with van der Waals surface area (Å²) in [5.74, 6) is -5.99. The van der Waals surface area contributed by atoms with Crippen LogP contribution in [0.5, 0.6) is 0 Å². The van der Waals surface area contributed by atoms with E-state index in [9.17, 15) is 31.9 Å². The Morgan fingerprint density at radius 2 is 2.02 bits per heavy atom. The van der Waals surface area contributed by atoms with Crippen LogP contribution in [0.4, 0.5) is 17.6 Å². The Hall–Kier alpha value is -4.37. The van der Waals surface area contributed by atoms with Crippen LogP contribution in [0.15, 0.2) is 43.0 Å². The molecule has 3 fully saturated rings. The topological polar surface area (TPSA) is 120 Å². The summed E-state index contributed by atoms with van der Waals surface area (Å²) in [5, 5.41) is 8.17. The van der Waals surface area contributed by atoms with Gasteiger partial charge in [-0.05, 0) is 29.8 Å². The largest absolute Gasteiger partial charge is 0.490 e. The molecule has 3 aromatic heterocycles. The molecule has 1 aliphatic carbocycles. The number of amides is 2. The third-order valence-corrected chi connectivity index (χ3v) is 8.85. The first kappa shape index (κ1) is 28.4. The van der Waals surface area contributed by atoms with Gasteiger partial charge >= 0.3 is 12.1 Å². The summed E-state index contributed by atoms with van der Waals surface area (Å²) in [7, 11) is 0. The Balaban J connectivity index is 1.23. The summed E-state index contributed by atoms with van der Waals surface area (Å²) in [6.07, 6.45) is -0.729. The Morgan fingerprint density at radius 3 is 2.75 bits per heavy atom. The first-order valence-corrected chi connectivity index (χ1v) is 13.9. The Labute approximate surface area is 246 Å². The predicted octanol–water partition coefficient (Wildman–Crippen LogP) is 2.85. The molecule has 11 nitrogen and oxygen atoms in total. The summed E-state index contributed by atoms with van der Waals surface area (Å²) in [6.45, 7) is 5.04. The van der Waals surface area contributed by atoms with Crippen molar-refractivity contribution in [2.45, 2.75) is 44.8 Å². The molecule has 15 heteroatoms. The van der Waals surface area contributed by atoms with Crippen molar-refractivity contribution in [2.75, 3.05) is 19.7 Å². The Morgan fingerprint density at radius 1 is 1.23 bits per heavy atom. The molecular weight excluding hydrogens is 588 g/mol. The number of halogens is 4. The molecule has 44 heavy (non-hydrogen) atoms. The van der Waals surface area contributed by atoms with Gasteiger partial charge < -0.3 is 19.4 Å². The van der Waals surface area contributed by atoms with Crippen molar-refractivity contribution >= 4 is 34.2 Å². The van der Waals surface area contributed by atoms with Crippen molar-refractivity contribution < 1.29 is 41.4 Å². The van der Waals surface area contributed by atoms with Crippen molar-refractivity contribution in [3.05, 3.63) is 54.4 Å². The molecule has 3 atom stereocenters. The van der Waals surface area contributed by atoms with E-state index in [4.69, 9.17) is 9.47 Å². The molecule has 2 amide bonds. The zero-order valence-corrected chi connectivity index (χ0v) is 23.5. The van der Waals surface area contributed by atoms with Gasteiger partial charge in [0.2, 0.25) is 11.5 Å². The number of hydrogen-bond donors (Lipinski definition) is 1. The third-order valence-electron chi connectivity index (χ3n) is 8.85. The number of piperidine rings is 1. The highest BCUT2D eigenvalue weighted by atomic mass is 19.4. The number of fused-ring (bicyclic) bond motifs is 3. The lowest BCUT2D eigenvalue weighted by atomic mass is 10.0. The van der Waals surface area contributed by atoms with Gasteiger partial charge in [0.05, 0.1) is 42.8 Å². The van der Waals surface area contributed by atoms with Gasteiger partial charge in [-0.2, -0.15) is 18.3 Å². The zero-order chi connectivity index (χ0) is 31.2. The molecule has 7 rings (SSSR count). The maximum absolute atomic E-state index is 14.8. The fraction of sp³-hybridized carbons (Fsp3) is 0.414. The summed E-state index contributed by atoms with van der Waals surface area (Å²) in [5.41, 5.74) is -1.06. The van der Waals surface area contributed by atoms with Crippen LogP contribution in [0.3, 0.4) is 0 Å². The van der Waals surface area contributed by atoms with E-state index >= 15 is 0 Å². The number of imide groups is 1. The van der Waals surface area contributed by atoms with E-state index in [0.29, 0.717) is 47.4 Å². The standard InChI is InChI=1S/C29H26F4N6O5/c1-27(2)23-24(40)38(25(41)28(23,27)44-26(42)29(31,32)33)11-15-7-20-21(35-14-36-39(20)12-15)19-9-17(30)8-16-3-5-37(22(16)19)13-18-10-34-4-6-43-18/h3,5,7-9,12,14,18,23,34H,4,6,10-11,13H2,1-2H3/t18-,23?,28?/m0/s1. The highest BCUT2D eigenvalue weighted by Gasteiger charge is 2.88. The minimum absolute atomic E-state index is 0.0898. The average Bonchev–Trinajstić information content (AvgIpc) is 3.36. The predicted molar refractivity (Wildman–Crippen MR) is 144 cm³/mol. The monoisotopic (exact) mass is 614 g/mol. The number of benzene rings is 1. The molecule has 5 heterocycles. The molecule has 2 unspecified atom stereocenters. The molecule has 2 saturated heterocycles. The summed E-state index contributed by atoms with van der Waals surface area (Å²) >= 11 is 0. The van der Waals surface area contributed by atoms with E-state index in [1.165, 1.54) is 36.8 Å². The van der Waals surface area contributed by atoms with Crippen LogP contribution < -0.4 is 5.32 Å². The summed E-state index contributed by atoms with van der Waals surface area (Å²) in [4.78, 5) is 43.5. The second-order valence-electron chi connectivity index (χ2n) is 11.9. The molecule has 0 spiro atoms. The van der Waals surface area contributed by atoms with E-state index < -0.39 is 46.7 Å². The second kappa shape index (κ2) is 9.56. The first-order chi connectivity index (χ1) is 20.8. The van der Waals surface area contributed by atoms with Gasteiger partial charge in [0.1, 0.15) is 17.8 Å². The van der Waals surface area contributed by atoms with E-state index in [1.807, 2.05) is 10.8 Å². The van der Waals surface area contributed by atoms with Gasteiger partial charge in [0, 0.05) is 41.8 Å². The van der Waals surface area contributed by atoms with Crippen LogP contribution in [-0.4, -0.2) is 79.4 Å². The van der Waals surface area contributed by atoms with Crippen molar-refractivity contribution in [3.8, 4) is 11.3 Å². The van der Waals surface area contributed by atoms with Crippen LogP contribution >= 0.6 is 0 Å². The van der Waals surface area contributed by atoms with E-state index in [1.54, 1.807) is 18.3 Å². The van der Waals surface area contributed by atoms with Gasteiger partial charge in [0.15, 0.2) is 0 Å². The molecule has 230 valence electrons. The lowest BCUT2D eigenvalue weighted by molar-refractivity contribution is -0.209. The van der Waals surface area contributed by atoms with Crippen LogP contribution in [-0.2, 0) is 36.9 Å². The number of ether oxygens (including phenoxy) is 2. The minimum atomic E-state index is -5.33. The number of carbonyl (C=O) groups excluding carboxylic acids is 3. The van der Waals surface area contributed by atoms with E-state index in [0.717, 1.165) is 17.0 Å². The fourth-order valence-electron chi connectivity index (χ4n) is 6.71. The molecule has 1 aromatic carbocycles. The van der Waals surface area contributed by atoms with Crippen molar-refractivity contribution in [1.29, 1.82) is 0 Å². The minimum Gasteiger partial charge on any atom is -0.441 e. The number of likely N-dealkylation sites (tertiary alicyclic amines) is 1. The maximum atomic E-state index is 14.8. The van der Waals surface area contributed by atoms with Crippen LogP contribution in [0.1, 0.15) is 19.4 Å². The number of nitrogens with one attached hydrogen (secondary N) is 1. The molecule has 0 radical (unpaired) electrons. The smallest absolute Gasteiger partial charge is 0.441 e. The Bertz CT molecular complexity index is 1860. The van der Waals surface area contributed by atoms with E-state index in [-0.39, 0.29) is 12.6 Å². The molecule has 4 aromatic rings. The number of alkyl halides is 3. The van der Waals surface area contributed by atoms with Gasteiger partial charge in [-0.1, -0.05) is 13.8 Å². The number of morpholine rings is 1. The third kappa shape index (κ3) is 4.13. The molecule has 2 aliphatic heterocycles. The number of rotatable bonds is 6. The van der Waals surface area contributed by atoms with Gasteiger partial charge in [-0.15, -0.1) is 0 Å². The highest BCUT2D eigenvalue weighted by molar-refractivity contribution is 6.16. The van der Waals surface area contributed by atoms with Crippen LogP contribution in [0.2, 0.25) is 0 Å². The quantitative estimate of drug-likeness (QED) is 0.200. The molecule has 1 N–H and O–H groups in total. The van der Waals surface area contributed by atoms with Crippen LogP contribution in [0, 0.1) is 17.2 Å². The number of hydrogen-bond acceptors (Lipinski definition) is 8. The zero-order valence-electron chi connectivity index (χ0n) is 23.5. The van der Waals surface area contributed by atoms with Crippen molar-refractivity contribution in [3.63, 3.8) is 0 Å². The molecule has 1 saturated carbocycles. The molecule has 0 bridgehead atoms. The molecular formula is C29H26F4N6O5. The summed E-state index contributed by atoms with van der Waals surface area (Å²) in [6, 6.07) is 6.22. The second-order valence-corrected chi connectivity index (χ2v) is 11.9. The van der Waals surface area contributed by atoms with E-state index in [2.05, 4.69) is 15.4 Å². The summed E-state index contributed by atoms with van der Waals surface area (Å²) < 4.78 is 67.9. The van der Waals surface area contributed by atoms with Crippen LogP contribution in [0.25, 0.3) is 27.7 Å². The average molecular weight is 615 g/mol.